The summed E-state index contributed by atoms with van der Waals surface area (Å²) < 4.78 is 0. The highest BCUT2D eigenvalue weighted by atomic mass is 32.1. The van der Waals surface area contributed by atoms with Gasteiger partial charge in [0.15, 0.2) is 0 Å². The molecule has 0 atom stereocenters. The van der Waals surface area contributed by atoms with E-state index in [1.54, 1.807) is 0 Å². The van der Waals surface area contributed by atoms with Gasteiger partial charge in [0.1, 0.15) is 0 Å². The highest BCUT2D eigenvalue weighted by Gasteiger charge is 2.28. The second kappa shape index (κ2) is 5.36. The third-order valence-electron chi connectivity index (χ3n) is 4.04. The Kier molecular flexibility index (Phi) is 4.02. The standard InChI is InChI=1S/C13H20N2O2S/c1-3-13(2)4-6-15(7-5-13)8-10-9-18-11(14-10)12(16)17/h9H,3-8H2,1-2H3,(H,16,17). The molecule has 1 aliphatic heterocycles. The van der Waals surface area contributed by atoms with E-state index in [9.17, 15) is 4.79 Å². The highest BCUT2D eigenvalue weighted by Crippen LogP contribution is 2.34. The van der Waals surface area contributed by atoms with Crippen LogP contribution < -0.4 is 0 Å². The molecule has 100 valence electrons. The number of aromatic nitrogens is 1. The van der Waals surface area contributed by atoms with Crippen LogP contribution in [0.15, 0.2) is 5.38 Å². The lowest BCUT2D eigenvalue weighted by atomic mass is 9.78. The fourth-order valence-corrected chi connectivity index (χ4v) is 2.96. The molecule has 0 unspecified atom stereocenters. The number of likely N-dealkylation sites (tertiary alicyclic amines) is 1. The summed E-state index contributed by atoms with van der Waals surface area (Å²) in [5.74, 6) is -0.927. The van der Waals surface area contributed by atoms with Crippen LogP contribution in [0.3, 0.4) is 0 Å². The van der Waals surface area contributed by atoms with E-state index in [1.165, 1.54) is 30.6 Å². The molecule has 0 aliphatic carbocycles. The Balaban J connectivity index is 1.89. The van der Waals surface area contributed by atoms with E-state index in [-0.39, 0.29) is 5.01 Å². The Bertz CT molecular complexity index is 422. The minimum absolute atomic E-state index is 0.195. The van der Waals surface area contributed by atoms with Gasteiger partial charge >= 0.3 is 5.97 Å². The van der Waals surface area contributed by atoms with Gasteiger partial charge in [0.05, 0.1) is 5.69 Å². The lowest BCUT2D eigenvalue weighted by Crippen LogP contribution is -2.38. The Morgan fingerprint density at radius 2 is 2.22 bits per heavy atom. The largest absolute Gasteiger partial charge is 0.476 e. The quantitative estimate of drug-likeness (QED) is 0.912. The molecular weight excluding hydrogens is 248 g/mol. The molecular formula is C13H20N2O2S. The van der Waals surface area contributed by atoms with Crippen LogP contribution in [0.1, 0.15) is 48.6 Å². The molecule has 1 saturated heterocycles. The van der Waals surface area contributed by atoms with Crippen LogP contribution in [-0.4, -0.2) is 34.0 Å². The number of hydrogen-bond acceptors (Lipinski definition) is 4. The number of carboxylic acid groups (broad SMARTS) is 1. The van der Waals surface area contributed by atoms with Gasteiger partial charge < -0.3 is 5.11 Å². The fourth-order valence-electron chi connectivity index (χ4n) is 2.31. The molecule has 0 radical (unpaired) electrons. The highest BCUT2D eigenvalue weighted by molar-refractivity contribution is 7.11. The maximum atomic E-state index is 10.8. The number of carboxylic acids is 1. The van der Waals surface area contributed by atoms with E-state index >= 15 is 0 Å². The van der Waals surface area contributed by atoms with Crippen molar-refractivity contribution in [2.75, 3.05) is 13.1 Å². The van der Waals surface area contributed by atoms with Gasteiger partial charge in [-0.1, -0.05) is 20.3 Å². The molecule has 5 heteroatoms. The minimum atomic E-state index is -0.927. The van der Waals surface area contributed by atoms with Crippen molar-refractivity contribution in [3.05, 3.63) is 16.1 Å². The van der Waals surface area contributed by atoms with Crippen LogP contribution in [-0.2, 0) is 6.54 Å². The smallest absolute Gasteiger partial charge is 0.365 e. The lowest BCUT2D eigenvalue weighted by molar-refractivity contribution is 0.0695. The summed E-state index contributed by atoms with van der Waals surface area (Å²) in [6.45, 7) is 7.57. The van der Waals surface area contributed by atoms with E-state index in [4.69, 9.17) is 5.11 Å². The summed E-state index contributed by atoms with van der Waals surface area (Å²) >= 11 is 1.21. The Morgan fingerprint density at radius 3 is 2.72 bits per heavy atom. The maximum absolute atomic E-state index is 10.8. The number of aromatic carboxylic acids is 1. The first-order valence-electron chi connectivity index (χ1n) is 6.42. The van der Waals surface area contributed by atoms with Crippen molar-refractivity contribution >= 4 is 17.3 Å². The van der Waals surface area contributed by atoms with Crippen molar-refractivity contribution in [3.8, 4) is 0 Å². The van der Waals surface area contributed by atoms with Crippen molar-refractivity contribution in [1.82, 2.24) is 9.88 Å². The molecule has 0 saturated carbocycles. The van der Waals surface area contributed by atoms with Gasteiger partial charge in [-0.05, 0) is 31.3 Å². The molecule has 2 rings (SSSR count). The molecule has 1 N–H and O–H groups in total. The second-order valence-electron chi connectivity index (χ2n) is 5.39. The zero-order chi connectivity index (χ0) is 13.2. The zero-order valence-electron chi connectivity index (χ0n) is 11.0. The average Bonchev–Trinajstić information content (AvgIpc) is 2.81. The number of carbonyl (C=O) groups is 1. The van der Waals surface area contributed by atoms with Crippen LogP contribution in [0.2, 0.25) is 0 Å². The summed E-state index contributed by atoms with van der Waals surface area (Å²) in [6.07, 6.45) is 3.68. The van der Waals surface area contributed by atoms with E-state index in [2.05, 4.69) is 23.7 Å². The average molecular weight is 268 g/mol. The van der Waals surface area contributed by atoms with Gasteiger partial charge in [-0.2, -0.15) is 0 Å². The topological polar surface area (TPSA) is 53.4 Å². The van der Waals surface area contributed by atoms with Crippen molar-refractivity contribution in [2.24, 2.45) is 5.41 Å². The van der Waals surface area contributed by atoms with E-state index in [1.807, 2.05) is 5.38 Å². The van der Waals surface area contributed by atoms with Crippen LogP contribution in [0.5, 0.6) is 0 Å². The Labute approximate surface area is 112 Å². The number of hydrogen-bond donors (Lipinski definition) is 1. The summed E-state index contributed by atoms with van der Waals surface area (Å²) in [5.41, 5.74) is 1.38. The van der Waals surface area contributed by atoms with E-state index in [0.717, 1.165) is 25.3 Å². The molecule has 18 heavy (non-hydrogen) atoms. The predicted molar refractivity (Wildman–Crippen MR) is 72.0 cm³/mol. The molecule has 0 aromatic carbocycles. The first-order chi connectivity index (χ1) is 8.52. The second-order valence-corrected chi connectivity index (χ2v) is 6.25. The first kappa shape index (κ1) is 13.5. The normalized spacial score (nSPS) is 19.9. The van der Waals surface area contributed by atoms with Crippen molar-refractivity contribution in [3.63, 3.8) is 0 Å². The number of thiazole rings is 1. The third kappa shape index (κ3) is 3.09. The third-order valence-corrected chi connectivity index (χ3v) is 4.92. The molecule has 2 heterocycles. The minimum Gasteiger partial charge on any atom is -0.476 e. The molecule has 1 aliphatic rings. The zero-order valence-corrected chi connectivity index (χ0v) is 11.8. The lowest BCUT2D eigenvalue weighted by Gasteiger charge is -2.38. The number of piperidine rings is 1. The number of rotatable bonds is 4. The van der Waals surface area contributed by atoms with Crippen LogP contribution >= 0.6 is 11.3 Å². The Hall–Kier alpha value is -0.940. The van der Waals surface area contributed by atoms with Crippen LogP contribution in [0.25, 0.3) is 0 Å². The van der Waals surface area contributed by atoms with Crippen molar-refractivity contribution < 1.29 is 9.90 Å². The van der Waals surface area contributed by atoms with Gasteiger partial charge in [-0.3, -0.25) is 4.90 Å². The predicted octanol–water partition coefficient (Wildman–Crippen LogP) is 2.85. The van der Waals surface area contributed by atoms with Gasteiger partial charge in [0, 0.05) is 11.9 Å². The summed E-state index contributed by atoms with van der Waals surface area (Å²) in [4.78, 5) is 17.3. The molecule has 1 aromatic rings. The van der Waals surface area contributed by atoms with Crippen LogP contribution in [0.4, 0.5) is 0 Å². The first-order valence-corrected chi connectivity index (χ1v) is 7.30. The van der Waals surface area contributed by atoms with Crippen molar-refractivity contribution in [2.45, 2.75) is 39.7 Å². The van der Waals surface area contributed by atoms with Gasteiger partial charge in [0.2, 0.25) is 5.01 Å². The van der Waals surface area contributed by atoms with Crippen LogP contribution in [0, 0.1) is 5.41 Å². The maximum Gasteiger partial charge on any atom is 0.365 e. The molecule has 0 bridgehead atoms. The summed E-state index contributed by atoms with van der Waals surface area (Å²) in [5, 5.41) is 10.9. The van der Waals surface area contributed by atoms with Crippen molar-refractivity contribution in [1.29, 1.82) is 0 Å². The number of nitrogens with zero attached hydrogens (tertiary/aromatic N) is 2. The van der Waals surface area contributed by atoms with Gasteiger partial charge in [0.25, 0.3) is 0 Å². The summed E-state index contributed by atoms with van der Waals surface area (Å²) in [6, 6.07) is 0. The molecule has 0 amide bonds. The molecule has 4 nitrogen and oxygen atoms in total. The Morgan fingerprint density at radius 1 is 1.56 bits per heavy atom. The van der Waals surface area contributed by atoms with E-state index < -0.39 is 5.97 Å². The summed E-state index contributed by atoms with van der Waals surface area (Å²) in [7, 11) is 0. The SMILES string of the molecule is CCC1(C)CCN(Cc2csc(C(=O)O)n2)CC1. The molecule has 1 aromatic heterocycles. The van der Waals surface area contributed by atoms with Gasteiger partial charge in [-0.15, -0.1) is 11.3 Å². The fraction of sp³-hybridized carbons (Fsp3) is 0.692. The molecule has 1 fully saturated rings. The van der Waals surface area contributed by atoms with Gasteiger partial charge in [-0.25, -0.2) is 9.78 Å². The molecule has 0 spiro atoms. The van der Waals surface area contributed by atoms with E-state index in [0.29, 0.717) is 5.41 Å². The monoisotopic (exact) mass is 268 g/mol.